The number of aliphatic carboxylic acids is 1. The normalized spacial score (nSPS) is 18.2. The van der Waals surface area contributed by atoms with Crippen LogP contribution in [-0.2, 0) is 9.53 Å². The van der Waals surface area contributed by atoms with Crippen molar-refractivity contribution in [3.63, 3.8) is 0 Å². The van der Waals surface area contributed by atoms with Crippen LogP contribution in [0, 0.1) is 5.82 Å². The van der Waals surface area contributed by atoms with Crippen molar-refractivity contribution in [2.75, 3.05) is 26.3 Å². The molecule has 1 heterocycles. The maximum atomic E-state index is 13.9. The number of hydrogen-bond donors (Lipinski definition) is 1. The molecule has 1 aliphatic heterocycles. The highest BCUT2D eigenvalue weighted by Gasteiger charge is 2.27. The van der Waals surface area contributed by atoms with Gasteiger partial charge < -0.3 is 9.84 Å². The van der Waals surface area contributed by atoms with Gasteiger partial charge in [0.15, 0.2) is 0 Å². The highest BCUT2D eigenvalue weighted by atomic mass is 35.5. The SMILES string of the molecule is O=C(O)CC(c1cc(Cl)ccc1F)N1CCOCC1. The van der Waals surface area contributed by atoms with Gasteiger partial charge in [-0.05, 0) is 18.2 Å². The maximum absolute atomic E-state index is 13.9. The molecule has 1 aliphatic rings. The van der Waals surface area contributed by atoms with E-state index in [-0.39, 0.29) is 6.42 Å². The minimum Gasteiger partial charge on any atom is -0.481 e. The molecule has 6 heteroatoms. The predicted octanol–water partition coefficient (Wildman–Crippen LogP) is 2.33. The van der Waals surface area contributed by atoms with Gasteiger partial charge in [0.05, 0.1) is 19.6 Å². The van der Waals surface area contributed by atoms with Crippen LogP contribution in [0.5, 0.6) is 0 Å². The van der Waals surface area contributed by atoms with Crippen LogP contribution in [-0.4, -0.2) is 42.3 Å². The minimum absolute atomic E-state index is 0.155. The number of ether oxygens (including phenoxy) is 1. The van der Waals surface area contributed by atoms with Crippen molar-refractivity contribution < 1.29 is 19.0 Å². The Morgan fingerprint density at radius 2 is 2.16 bits per heavy atom. The molecule has 0 saturated carbocycles. The molecule has 2 rings (SSSR count). The van der Waals surface area contributed by atoms with Crippen molar-refractivity contribution in [1.29, 1.82) is 0 Å². The first-order valence-electron chi connectivity index (χ1n) is 6.06. The van der Waals surface area contributed by atoms with E-state index in [0.29, 0.717) is 36.9 Å². The van der Waals surface area contributed by atoms with Crippen LogP contribution in [0.25, 0.3) is 0 Å². The van der Waals surface area contributed by atoms with Gasteiger partial charge >= 0.3 is 5.97 Å². The molecule has 4 nitrogen and oxygen atoms in total. The number of halogens is 2. The molecule has 1 saturated heterocycles. The van der Waals surface area contributed by atoms with Gasteiger partial charge in [-0.15, -0.1) is 0 Å². The Bertz CT molecular complexity index is 463. The van der Waals surface area contributed by atoms with Gasteiger partial charge in [0.25, 0.3) is 0 Å². The van der Waals surface area contributed by atoms with Crippen molar-refractivity contribution in [2.45, 2.75) is 12.5 Å². The van der Waals surface area contributed by atoms with Crippen molar-refractivity contribution >= 4 is 17.6 Å². The second-order valence-electron chi connectivity index (χ2n) is 4.43. The standard InChI is InChI=1S/C13H15ClFNO3/c14-9-1-2-11(15)10(7-9)12(8-13(17)18)16-3-5-19-6-4-16/h1-2,7,12H,3-6,8H2,(H,17,18). The largest absolute Gasteiger partial charge is 0.481 e. The lowest BCUT2D eigenvalue weighted by Gasteiger charge is -2.34. The number of carboxylic acid groups (broad SMARTS) is 1. The van der Waals surface area contributed by atoms with Crippen LogP contribution >= 0.6 is 11.6 Å². The van der Waals surface area contributed by atoms with E-state index in [1.54, 1.807) is 0 Å². The zero-order valence-electron chi connectivity index (χ0n) is 10.3. The zero-order valence-corrected chi connectivity index (χ0v) is 11.1. The number of benzene rings is 1. The summed E-state index contributed by atoms with van der Waals surface area (Å²) in [6.45, 7) is 2.23. The van der Waals surface area contributed by atoms with Crippen LogP contribution in [0.4, 0.5) is 4.39 Å². The third kappa shape index (κ3) is 3.65. The van der Waals surface area contributed by atoms with E-state index in [1.807, 2.05) is 4.90 Å². The second-order valence-corrected chi connectivity index (χ2v) is 4.86. The Morgan fingerprint density at radius 1 is 1.47 bits per heavy atom. The fraction of sp³-hybridized carbons (Fsp3) is 0.462. The average molecular weight is 288 g/mol. The van der Waals surface area contributed by atoms with E-state index in [1.165, 1.54) is 18.2 Å². The monoisotopic (exact) mass is 287 g/mol. The van der Waals surface area contributed by atoms with Gasteiger partial charge in [-0.2, -0.15) is 0 Å². The molecule has 0 radical (unpaired) electrons. The Morgan fingerprint density at radius 3 is 2.79 bits per heavy atom. The van der Waals surface area contributed by atoms with E-state index in [4.69, 9.17) is 21.4 Å². The topological polar surface area (TPSA) is 49.8 Å². The predicted molar refractivity (Wildman–Crippen MR) is 68.8 cm³/mol. The molecule has 19 heavy (non-hydrogen) atoms. The summed E-state index contributed by atoms with van der Waals surface area (Å²) in [7, 11) is 0. The third-order valence-electron chi connectivity index (χ3n) is 3.17. The van der Waals surface area contributed by atoms with Crippen LogP contribution in [0.3, 0.4) is 0 Å². The van der Waals surface area contributed by atoms with Crippen molar-refractivity contribution in [3.8, 4) is 0 Å². The summed E-state index contributed by atoms with van der Waals surface area (Å²) in [4.78, 5) is 12.9. The van der Waals surface area contributed by atoms with Crippen LogP contribution in [0.1, 0.15) is 18.0 Å². The quantitative estimate of drug-likeness (QED) is 0.923. The van der Waals surface area contributed by atoms with Crippen molar-refractivity contribution in [2.24, 2.45) is 0 Å². The molecule has 0 bridgehead atoms. The molecule has 0 spiro atoms. The Balaban J connectivity index is 2.29. The number of nitrogens with zero attached hydrogens (tertiary/aromatic N) is 1. The highest BCUT2D eigenvalue weighted by Crippen LogP contribution is 2.29. The molecule has 1 aromatic carbocycles. The Labute approximate surface area is 115 Å². The van der Waals surface area contributed by atoms with E-state index >= 15 is 0 Å². The molecule has 1 atom stereocenters. The first-order valence-corrected chi connectivity index (χ1v) is 6.44. The van der Waals surface area contributed by atoms with E-state index in [9.17, 15) is 9.18 Å². The lowest BCUT2D eigenvalue weighted by Crippen LogP contribution is -2.40. The minimum atomic E-state index is -0.962. The van der Waals surface area contributed by atoms with Crippen LogP contribution in [0.15, 0.2) is 18.2 Å². The summed E-state index contributed by atoms with van der Waals surface area (Å²) in [5, 5.41) is 9.43. The first-order chi connectivity index (χ1) is 9.08. The zero-order chi connectivity index (χ0) is 13.8. The third-order valence-corrected chi connectivity index (χ3v) is 3.41. The fourth-order valence-electron chi connectivity index (χ4n) is 2.26. The van der Waals surface area contributed by atoms with E-state index < -0.39 is 17.8 Å². The Hall–Kier alpha value is -1.17. The van der Waals surface area contributed by atoms with Crippen molar-refractivity contribution in [3.05, 3.63) is 34.6 Å². The fourth-order valence-corrected chi connectivity index (χ4v) is 2.44. The van der Waals surface area contributed by atoms with Gasteiger partial charge in [0, 0.05) is 29.7 Å². The molecule has 0 aliphatic carbocycles. The molecule has 0 aromatic heterocycles. The smallest absolute Gasteiger partial charge is 0.305 e. The number of carboxylic acids is 1. The van der Waals surface area contributed by atoms with Gasteiger partial charge in [-0.25, -0.2) is 4.39 Å². The molecular formula is C13H15ClFNO3. The van der Waals surface area contributed by atoms with E-state index in [2.05, 4.69) is 0 Å². The van der Waals surface area contributed by atoms with Crippen molar-refractivity contribution in [1.82, 2.24) is 4.90 Å². The number of rotatable bonds is 4. The number of carbonyl (C=O) groups is 1. The van der Waals surface area contributed by atoms with Crippen LogP contribution < -0.4 is 0 Å². The van der Waals surface area contributed by atoms with Gasteiger partial charge in [0.2, 0.25) is 0 Å². The summed E-state index contributed by atoms with van der Waals surface area (Å²) in [6, 6.07) is 3.71. The summed E-state index contributed by atoms with van der Waals surface area (Å²) < 4.78 is 19.2. The van der Waals surface area contributed by atoms with Gasteiger partial charge in [-0.3, -0.25) is 9.69 Å². The summed E-state index contributed by atoms with van der Waals surface area (Å²) >= 11 is 5.88. The van der Waals surface area contributed by atoms with E-state index in [0.717, 1.165) is 0 Å². The maximum Gasteiger partial charge on any atom is 0.305 e. The first kappa shape index (κ1) is 14.2. The average Bonchev–Trinajstić information content (AvgIpc) is 2.40. The molecule has 104 valence electrons. The summed E-state index contributed by atoms with van der Waals surface area (Å²) in [5.74, 6) is -1.39. The van der Waals surface area contributed by atoms with Crippen LogP contribution in [0.2, 0.25) is 5.02 Å². The molecular weight excluding hydrogens is 273 g/mol. The second kappa shape index (κ2) is 6.32. The number of morpholine rings is 1. The molecule has 1 aromatic rings. The summed E-state index contributed by atoms with van der Waals surface area (Å²) in [6.07, 6.45) is -0.155. The van der Waals surface area contributed by atoms with Gasteiger partial charge in [0.1, 0.15) is 5.82 Å². The molecule has 1 fully saturated rings. The molecule has 1 unspecified atom stereocenters. The molecule has 1 N–H and O–H groups in total. The van der Waals surface area contributed by atoms with Gasteiger partial charge in [-0.1, -0.05) is 11.6 Å². The number of hydrogen-bond acceptors (Lipinski definition) is 3. The molecule has 0 amide bonds. The highest BCUT2D eigenvalue weighted by molar-refractivity contribution is 6.30. The Kier molecular flexibility index (Phi) is 4.74. The summed E-state index contributed by atoms with van der Waals surface area (Å²) in [5.41, 5.74) is 0.330. The lowest BCUT2D eigenvalue weighted by atomic mass is 10.0. The lowest BCUT2D eigenvalue weighted by molar-refractivity contribution is -0.139.